The van der Waals surface area contributed by atoms with Gasteiger partial charge in [0, 0.05) is 11.1 Å². The number of aromatic nitrogens is 2. The summed E-state index contributed by atoms with van der Waals surface area (Å²) in [6.07, 6.45) is 0.894. The fraction of sp³-hybridized carbons (Fsp3) is 0.308. The molecule has 0 saturated heterocycles. The number of anilines is 1. The van der Waals surface area contributed by atoms with Gasteiger partial charge in [-0.25, -0.2) is 0 Å². The van der Waals surface area contributed by atoms with Crippen LogP contribution >= 0.6 is 0 Å². The summed E-state index contributed by atoms with van der Waals surface area (Å²) >= 11 is 0. The van der Waals surface area contributed by atoms with Crippen LogP contribution in [-0.2, 0) is 6.42 Å². The second-order valence-electron chi connectivity index (χ2n) is 4.13. The number of nitrogens with two attached hydrogens (primary N) is 1. The minimum absolute atomic E-state index is 0.610. The molecular formula is C13H17N3. The molecule has 0 saturated carbocycles. The molecule has 0 aliphatic heterocycles. The molecule has 0 aliphatic rings. The van der Waals surface area contributed by atoms with Crippen molar-refractivity contribution in [2.75, 3.05) is 5.73 Å². The number of aryl methyl sites for hydroxylation is 2. The van der Waals surface area contributed by atoms with Gasteiger partial charge in [-0.05, 0) is 31.9 Å². The van der Waals surface area contributed by atoms with Gasteiger partial charge in [0.25, 0.3) is 0 Å². The number of hydrogen-bond acceptors (Lipinski definition) is 2. The molecule has 3 N–H and O–H groups in total. The van der Waals surface area contributed by atoms with Gasteiger partial charge in [0.05, 0.1) is 5.69 Å². The standard InChI is InChI=1S/C13H17N3/c1-4-10-12(15-16-13(10)14)11-7-8(2)5-6-9(11)3/h5-7H,4H2,1-3H3,(H3,14,15,16). The molecule has 1 heterocycles. The highest BCUT2D eigenvalue weighted by Crippen LogP contribution is 2.28. The average Bonchev–Trinajstić information content (AvgIpc) is 2.63. The Morgan fingerprint density at radius 2 is 2.06 bits per heavy atom. The summed E-state index contributed by atoms with van der Waals surface area (Å²) < 4.78 is 0. The molecule has 0 amide bonds. The van der Waals surface area contributed by atoms with Crippen LogP contribution in [0.25, 0.3) is 11.3 Å². The van der Waals surface area contributed by atoms with Crippen molar-refractivity contribution in [3.63, 3.8) is 0 Å². The Balaban J connectivity index is 2.62. The van der Waals surface area contributed by atoms with E-state index in [1.807, 2.05) is 0 Å². The van der Waals surface area contributed by atoms with Crippen molar-refractivity contribution in [2.24, 2.45) is 0 Å². The highest BCUT2D eigenvalue weighted by atomic mass is 15.2. The molecule has 0 spiro atoms. The first-order valence-electron chi connectivity index (χ1n) is 5.53. The van der Waals surface area contributed by atoms with Crippen LogP contribution in [0.4, 0.5) is 5.82 Å². The van der Waals surface area contributed by atoms with E-state index in [4.69, 9.17) is 5.73 Å². The third-order valence-electron chi connectivity index (χ3n) is 2.92. The summed E-state index contributed by atoms with van der Waals surface area (Å²) in [6.45, 7) is 6.29. The van der Waals surface area contributed by atoms with Gasteiger partial charge in [0.1, 0.15) is 5.82 Å². The van der Waals surface area contributed by atoms with Crippen LogP contribution < -0.4 is 5.73 Å². The first kappa shape index (κ1) is 10.7. The van der Waals surface area contributed by atoms with E-state index < -0.39 is 0 Å². The first-order valence-corrected chi connectivity index (χ1v) is 5.53. The lowest BCUT2D eigenvalue weighted by Crippen LogP contribution is -1.92. The lowest BCUT2D eigenvalue weighted by Gasteiger charge is -2.07. The number of rotatable bonds is 2. The second kappa shape index (κ2) is 4.00. The normalized spacial score (nSPS) is 10.7. The van der Waals surface area contributed by atoms with E-state index >= 15 is 0 Å². The van der Waals surface area contributed by atoms with Crippen molar-refractivity contribution in [1.82, 2.24) is 10.2 Å². The summed E-state index contributed by atoms with van der Waals surface area (Å²) in [6, 6.07) is 6.41. The highest BCUT2D eigenvalue weighted by Gasteiger charge is 2.12. The molecule has 0 fully saturated rings. The quantitative estimate of drug-likeness (QED) is 0.809. The molecular weight excluding hydrogens is 198 g/mol. The summed E-state index contributed by atoms with van der Waals surface area (Å²) in [5, 5.41) is 7.12. The Bertz CT molecular complexity index is 512. The zero-order chi connectivity index (χ0) is 11.7. The monoisotopic (exact) mass is 215 g/mol. The van der Waals surface area contributed by atoms with Crippen LogP contribution in [0, 0.1) is 13.8 Å². The molecule has 3 nitrogen and oxygen atoms in total. The Labute approximate surface area is 95.7 Å². The van der Waals surface area contributed by atoms with E-state index in [9.17, 15) is 0 Å². The lowest BCUT2D eigenvalue weighted by molar-refractivity contribution is 1.10. The van der Waals surface area contributed by atoms with Gasteiger partial charge in [-0.3, -0.25) is 5.10 Å². The molecule has 2 aromatic rings. The molecule has 0 unspecified atom stereocenters. The molecule has 0 bridgehead atoms. The number of nitrogen functional groups attached to an aromatic ring is 1. The van der Waals surface area contributed by atoms with E-state index in [2.05, 4.69) is 49.2 Å². The number of hydrogen-bond donors (Lipinski definition) is 2. The minimum atomic E-state index is 0.610. The number of nitrogens with zero attached hydrogens (tertiary/aromatic N) is 1. The molecule has 2 rings (SSSR count). The van der Waals surface area contributed by atoms with Gasteiger partial charge < -0.3 is 5.73 Å². The summed E-state index contributed by atoms with van der Waals surface area (Å²) in [7, 11) is 0. The number of nitrogens with one attached hydrogen (secondary N) is 1. The summed E-state index contributed by atoms with van der Waals surface area (Å²) in [5.41, 5.74) is 11.7. The zero-order valence-corrected chi connectivity index (χ0v) is 9.96. The molecule has 3 heteroatoms. The largest absolute Gasteiger partial charge is 0.382 e. The van der Waals surface area contributed by atoms with E-state index in [0.717, 1.165) is 17.7 Å². The fourth-order valence-corrected chi connectivity index (χ4v) is 1.97. The van der Waals surface area contributed by atoms with Gasteiger partial charge in [0.15, 0.2) is 0 Å². The molecule has 0 radical (unpaired) electrons. The van der Waals surface area contributed by atoms with Gasteiger partial charge >= 0.3 is 0 Å². The van der Waals surface area contributed by atoms with Crippen LogP contribution in [0.1, 0.15) is 23.6 Å². The molecule has 84 valence electrons. The highest BCUT2D eigenvalue weighted by molar-refractivity contribution is 5.71. The molecule has 0 atom stereocenters. The topological polar surface area (TPSA) is 54.7 Å². The molecule has 1 aromatic heterocycles. The van der Waals surface area contributed by atoms with Crippen LogP contribution in [0.3, 0.4) is 0 Å². The van der Waals surface area contributed by atoms with Crippen molar-refractivity contribution >= 4 is 5.82 Å². The van der Waals surface area contributed by atoms with Crippen molar-refractivity contribution in [3.05, 3.63) is 34.9 Å². The van der Waals surface area contributed by atoms with Crippen molar-refractivity contribution in [2.45, 2.75) is 27.2 Å². The van der Waals surface area contributed by atoms with Gasteiger partial charge in [-0.2, -0.15) is 5.10 Å². The third-order valence-corrected chi connectivity index (χ3v) is 2.92. The van der Waals surface area contributed by atoms with Crippen LogP contribution in [-0.4, -0.2) is 10.2 Å². The van der Waals surface area contributed by atoms with E-state index in [1.54, 1.807) is 0 Å². The fourth-order valence-electron chi connectivity index (χ4n) is 1.97. The molecule has 1 aromatic carbocycles. The predicted molar refractivity (Wildman–Crippen MR) is 67.3 cm³/mol. The van der Waals surface area contributed by atoms with Crippen LogP contribution in [0.15, 0.2) is 18.2 Å². The molecule has 0 aliphatic carbocycles. The Hall–Kier alpha value is -1.77. The maximum atomic E-state index is 5.83. The van der Waals surface area contributed by atoms with E-state index in [1.165, 1.54) is 16.7 Å². The lowest BCUT2D eigenvalue weighted by atomic mass is 9.99. The number of benzene rings is 1. The van der Waals surface area contributed by atoms with E-state index in [0.29, 0.717) is 5.82 Å². The SMILES string of the molecule is CCc1c(N)n[nH]c1-c1cc(C)ccc1C. The maximum Gasteiger partial charge on any atom is 0.149 e. The average molecular weight is 215 g/mol. The first-order chi connectivity index (χ1) is 7.63. The van der Waals surface area contributed by atoms with E-state index in [-0.39, 0.29) is 0 Å². The number of aromatic amines is 1. The zero-order valence-electron chi connectivity index (χ0n) is 9.96. The van der Waals surface area contributed by atoms with Crippen LogP contribution in [0.2, 0.25) is 0 Å². The van der Waals surface area contributed by atoms with Gasteiger partial charge in [0.2, 0.25) is 0 Å². The molecule has 16 heavy (non-hydrogen) atoms. The third kappa shape index (κ3) is 1.69. The Morgan fingerprint density at radius 1 is 1.31 bits per heavy atom. The Morgan fingerprint density at radius 3 is 2.75 bits per heavy atom. The predicted octanol–water partition coefficient (Wildman–Crippen LogP) is 2.84. The summed E-state index contributed by atoms with van der Waals surface area (Å²) in [5.74, 6) is 0.610. The maximum absolute atomic E-state index is 5.83. The minimum Gasteiger partial charge on any atom is -0.382 e. The second-order valence-corrected chi connectivity index (χ2v) is 4.13. The van der Waals surface area contributed by atoms with Crippen molar-refractivity contribution in [3.8, 4) is 11.3 Å². The van der Waals surface area contributed by atoms with Crippen LogP contribution in [0.5, 0.6) is 0 Å². The number of H-pyrrole nitrogens is 1. The van der Waals surface area contributed by atoms with Gasteiger partial charge in [-0.1, -0.05) is 24.6 Å². The summed E-state index contributed by atoms with van der Waals surface area (Å²) in [4.78, 5) is 0. The Kier molecular flexibility index (Phi) is 2.69. The smallest absolute Gasteiger partial charge is 0.149 e. The van der Waals surface area contributed by atoms with Crippen molar-refractivity contribution < 1.29 is 0 Å². The van der Waals surface area contributed by atoms with Gasteiger partial charge in [-0.15, -0.1) is 0 Å². The van der Waals surface area contributed by atoms with Crippen molar-refractivity contribution in [1.29, 1.82) is 0 Å².